The van der Waals surface area contributed by atoms with Crippen LogP contribution in [-0.4, -0.2) is 11.1 Å². The predicted molar refractivity (Wildman–Crippen MR) is 93.9 cm³/mol. The lowest BCUT2D eigenvalue weighted by Gasteiger charge is -2.02. The van der Waals surface area contributed by atoms with Gasteiger partial charge in [-0.25, -0.2) is 0 Å². The molecule has 0 aliphatic carbocycles. The van der Waals surface area contributed by atoms with Crippen LogP contribution in [-0.2, 0) is 9.53 Å². The van der Waals surface area contributed by atoms with Crippen molar-refractivity contribution in [2.75, 3.05) is 0 Å². The van der Waals surface area contributed by atoms with E-state index in [2.05, 4.69) is 29.6 Å². The highest BCUT2D eigenvalue weighted by Gasteiger charge is 2.00. The average molecular weight is 320 g/mol. The highest BCUT2D eigenvalue weighted by atomic mass is 16.5. The van der Waals surface area contributed by atoms with Crippen molar-refractivity contribution in [3.63, 3.8) is 0 Å². The van der Waals surface area contributed by atoms with Crippen LogP contribution in [0.4, 0.5) is 0 Å². The molecule has 3 nitrogen and oxygen atoms in total. The third-order valence-corrected chi connectivity index (χ3v) is 3.82. The molecule has 0 atom stereocenters. The van der Waals surface area contributed by atoms with Crippen molar-refractivity contribution >= 4 is 5.97 Å². The Balaban J connectivity index is 3.20. The second-order valence-electron chi connectivity index (χ2n) is 5.93. The van der Waals surface area contributed by atoms with Gasteiger partial charge < -0.3 is 9.84 Å². The molecule has 0 unspecified atom stereocenters. The van der Waals surface area contributed by atoms with Crippen molar-refractivity contribution in [2.45, 2.75) is 96.8 Å². The normalized spacial score (nSPS) is 9.43. The Morgan fingerprint density at radius 2 is 1.26 bits per heavy atom. The van der Waals surface area contributed by atoms with Gasteiger partial charge in [0.2, 0.25) is 0 Å². The van der Waals surface area contributed by atoms with Gasteiger partial charge in [0, 0.05) is 18.3 Å². The first-order chi connectivity index (χ1) is 11.3. The van der Waals surface area contributed by atoms with E-state index in [-0.39, 0.29) is 5.97 Å². The lowest BCUT2D eigenvalue weighted by Crippen LogP contribution is -1.99. The second kappa shape index (κ2) is 18.4. The van der Waals surface area contributed by atoms with E-state index >= 15 is 0 Å². The lowest BCUT2D eigenvalue weighted by molar-refractivity contribution is -0.136. The number of ether oxygens (including phenoxy) is 1. The SMILES string of the molecule is CCCCCCCCCCCCCCCC(=O)OC#CC#CO. The third kappa shape index (κ3) is 18.3. The summed E-state index contributed by atoms with van der Waals surface area (Å²) < 4.78 is 4.64. The highest BCUT2D eigenvalue weighted by Crippen LogP contribution is 2.12. The maximum Gasteiger partial charge on any atom is 0.319 e. The Morgan fingerprint density at radius 1 is 0.783 bits per heavy atom. The number of hydrogen-bond donors (Lipinski definition) is 1. The number of rotatable bonds is 14. The molecule has 0 amide bonds. The standard InChI is InChI=1S/C20H32O3/c1-2-3-4-5-6-7-8-9-10-11-12-13-14-17-20(22)23-19-16-15-18-21/h21H,2-14,17H2,1H3. The molecular weight excluding hydrogens is 288 g/mol. The molecule has 0 aliphatic rings. The minimum atomic E-state index is -0.319. The summed E-state index contributed by atoms with van der Waals surface area (Å²) in [6, 6.07) is 0. The Labute approximate surface area is 142 Å². The first-order valence-corrected chi connectivity index (χ1v) is 9.15. The molecule has 0 bridgehead atoms. The molecule has 0 aliphatic heterocycles. The van der Waals surface area contributed by atoms with E-state index in [0.29, 0.717) is 6.42 Å². The fraction of sp³-hybridized carbons (Fsp3) is 0.750. The van der Waals surface area contributed by atoms with Crippen molar-refractivity contribution in [2.24, 2.45) is 0 Å². The molecule has 23 heavy (non-hydrogen) atoms. The summed E-state index contributed by atoms with van der Waals surface area (Å²) in [5, 5.41) is 8.16. The van der Waals surface area contributed by atoms with E-state index < -0.39 is 0 Å². The summed E-state index contributed by atoms with van der Waals surface area (Å²) in [5.41, 5.74) is 0. The van der Waals surface area contributed by atoms with Crippen LogP contribution in [0.1, 0.15) is 96.8 Å². The summed E-state index contributed by atoms with van der Waals surface area (Å²) in [7, 11) is 0. The van der Waals surface area contributed by atoms with E-state index in [1.807, 2.05) is 0 Å². The summed E-state index contributed by atoms with van der Waals surface area (Å²) in [5.74, 6) is 3.98. The molecule has 0 aromatic carbocycles. The molecule has 0 saturated carbocycles. The second-order valence-corrected chi connectivity index (χ2v) is 5.93. The van der Waals surface area contributed by atoms with Crippen LogP contribution >= 0.6 is 0 Å². The fourth-order valence-electron chi connectivity index (χ4n) is 2.47. The van der Waals surface area contributed by atoms with Crippen LogP contribution in [0, 0.1) is 24.1 Å². The maximum absolute atomic E-state index is 11.3. The van der Waals surface area contributed by atoms with Gasteiger partial charge in [0.05, 0.1) is 0 Å². The lowest BCUT2D eigenvalue weighted by atomic mass is 10.0. The summed E-state index contributed by atoms with van der Waals surface area (Å²) >= 11 is 0. The minimum Gasteiger partial charge on any atom is -0.461 e. The largest absolute Gasteiger partial charge is 0.461 e. The minimum absolute atomic E-state index is 0.319. The van der Waals surface area contributed by atoms with Crippen molar-refractivity contribution in [1.82, 2.24) is 0 Å². The van der Waals surface area contributed by atoms with Crippen LogP contribution in [0.2, 0.25) is 0 Å². The molecule has 0 radical (unpaired) electrons. The summed E-state index contributed by atoms with van der Waals surface area (Å²) in [4.78, 5) is 11.3. The van der Waals surface area contributed by atoms with E-state index in [1.165, 1.54) is 70.6 Å². The predicted octanol–water partition coefficient (Wildman–Crippen LogP) is 5.31. The number of carbonyl (C=O) groups excluding carboxylic acids is 1. The van der Waals surface area contributed by atoms with Gasteiger partial charge in [-0.1, -0.05) is 84.0 Å². The first-order valence-electron chi connectivity index (χ1n) is 9.15. The Kier molecular flexibility index (Phi) is 17.1. The van der Waals surface area contributed by atoms with Crippen LogP contribution in [0.25, 0.3) is 0 Å². The fourth-order valence-corrected chi connectivity index (χ4v) is 2.47. The van der Waals surface area contributed by atoms with Crippen LogP contribution < -0.4 is 0 Å². The number of hydrogen-bond acceptors (Lipinski definition) is 3. The van der Waals surface area contributed by atoms with Gasteiger partial charge in [0.15, 0.2) is 0 Å². The van der Waals surface area contributed by atoms with Crippen molar-refractivity contribution in [3.8, 4) is 24.1 Å². The van der Waals surface area contributed by atoms with E-state index in [1.54, 1.807) is 6.11 Å². The number of aliphatic hydroxyl groups excluding tert-OH is 1. The van der Waals surface area contributed by atoms with Gasteiger partial charge in [0.1, 0.15) is 12.2 Å². The molecule has 3 heteroatoms. The molecule has 130 valence electrons. The first kappa shape index (κ1) is 21.4. The highest BCUT2D eigenvalue weighted by molar-refractivity contribution is 5.70. The molecule has 0 spiro atoms. The van der Waals surface area contributed by atoms with E-state index in [9.17, 15) is 4.79 Å². The van der Waals surface area contributed by atoms with E-state index in [4.69, 9.17) is 5.11 Å². The zero-order valence-corrected chi connectivity index (χ0v) is 14.7. The molecule has 0 aromatic rings. The number of aliphatic hydroxyl groups is 1. The average Bonchev–Trinajstić information content (AvgIpc) is 2.56. The molecule has 0 saturated heterocycles. The molecule has 0 fully saturated rings. The molecule has 0 rings (SSSR count). The van der Waals surface area contributed by atoms with Crippen molar-refractivity contribution < 1.29 is 14.6 Å². The van der Waals surface area contributed by atoms with Crippen molar-refractivity contribution in [3.05, 3.63) is 0 Å². The summed E-state index contributed by atoms with van der Waals surface area (Å²) in [6.07, 6.45) is 20.9. The Bertz CT molecular complexity index is 393. The van der Waals surface area contributed by atoms with Gasteiger partial charge in [-0.05, 0) is 6.42 Å². The zero-order chi connectivity index (χ0) is 17.0. The third-order valence-electron chi connectivity index (χ3n) is 3.82. The maximum atomic E-state index is 11.3. The number of carbonyl (C=O) groups is 1. The molecule has 0 aromatic heterocycles. The van der Waals surface area contributed by atoms with Gasteiger partial charge in [-0.2, -0.15) is 0 Å². The topological polar surface area (TPSA) is 46.5 Å². The Hall–Kier alpha value is -1.61. The number of esters is 1. The Morgan fingerprint density at radius 3 is 1.74 bits per heavy atom. The molecule has 0 heterocycles. The quantitative estimate of drug-likeness (QED) is 0.268. The monoisotopic (exact) mass is 320 g/mol. The molecular formula is C20H32O3. The van der Waals surface area contributed by atoms with Crippen LogP contribution in [0.3, 0.4) is 0 Å². The number of unbranched alkanes of at least 4 members (excludes halogenated alkanes) is 12. The van der Waals surface area contributed by atoms with Crippen LogP contribution in [0.5, 0.6) is 0 Å². The van der Waals surface area contributed by atoms with Crippen LogP contribution in [0.15, 0.2) is 0 Å². The van der Waals surface area contributed by atoms with E-state index in [0.717, 1.165) is 12.8 Å². The molecule has 1 N–H and O–H groups in total. The van der Waals surface area contributed by atoms with Gasteiger partial charge >= 0.3 is 5.97 Å². The zero-order valence-electron chi connectivity index (χ0n) is 14.7. The van der Waals surface area contributed by atoms with Gasteiger partial charge in [0.25, 0.3) is 0 Å². The smallest absolute Gasteiger partial charge is 0.319 e. The summed E-state index contributed by atoms with van der Waals surface area (Å²) in [6.45, 7) is 2.26. The van der Waals surface area contributed by atoms with Crippen molar-refractivity contribution in [1.29, 1.82) is 0 Å². The van der Waals surface area contributed by atoms with Gasteiger partial charge in [-0.15, -0.1) is 0 Å². The van der Waals surface area contributed by atoms with Gasteiger partial charge in [-0.3, -0.25) is 4.79 Å².